The van der Waals surface area contributed by atoms with Crippen LogP contribution >= 0.6 is 11.6 Å². The van der Waals surface area contributed by atoms with Crippen LogP contribution in [-0.2, 0) is 0 Å². The van der Waals surface area contributed by atoms with Crippen LogP contribution in [0.5, 0.6) is 0 Å². The lowest BCUT2D eigenvalue weighted by molar-refractivity contribution is 0.0891. The van der Waals surface area contributed by atoms with Gasteiger partial charge in [-0.1, -0.05) is 32.4 Å². The summed E-state index contributed by atoms with van der Waals surface area (Å²) in [5.74, 6) is -0.129. The van der Waals surface area contributed by atoms with Crippen LogP contribution in [0.15, 0.2) is 18.2 Å². The molecule has 0 aliphatic carbocycles. The molecule has 0 aromatic heterocycles. The summed E-state index contributed by atoms with van der Waals surface area (Å²) in [4.78, 5) is 12.2. The van der Waals surface area contributed by atoms with Gasteiger partial charge in [0.1, 0.15) is 0 Å². The van der Waals surface area contributed by atoms with Gasteiger partial charge in [0.25, 0.3) is 5.91 Å². The Balaban J connectivity index is 2.81. The summed E-state index contributed by atoms with van der Waals surface area (Å²) in [6.07, 6.45) is 0.883. The fourth-order valence-electron chi connectivity index (χ4n) is 2.42. The highest BCUT2D eigenvalue weighted by atomic mass is 35.5. The van der Waals surface area contributed by atoms with Gasteiger partial charge < -0.3 is 11.1 Å². The number of halogens is 1. The van der Waals surface area contributed by atoms with Crippen LogP contribution in [0.1, 0.15) is 51.4 Å². The third-order valence-electron chi connectivity index (χ3n) is 2.69. The van der Waals surface area contributed by atoms with E-state index in [-0.39, 0.29) is 16.9 Å². The highest BCUT2D eigenvalue weighted by Crippen LogP contribution is 2.27. The Morgan fingerprint density at radius 3 is 2.32 bits per heavy atom. The zero-order valence-corrected chi connectivity index (χ0v) is 13.1. The van der Waals surface area contributed by atoms with E-state index in [0.29, 0.717) is 16.3 Å². The molecule has 1 aromatic rings. The molecule has 0 bridgehead atoms. The molecule has 0 unspecified atom stereocenters. The van der Waals surface area contributed by atoms with Crippen molar-refractivity contribution >= 4 is 23.2 Å². The third kappa shape index (κ3) is 5.11. The molecule has 0 heterocycles. The van der Waals surface area contributed by atoms with E-state index in [4.69, 9.17) is 17.3 Å². The summed E-state index contributed by atoms with van der Waals surface area (Å²) >= 11 is 5.93. The summed E-state index contributed by atoms with van der Waals surface area (Å²) in [5, 5.41) is 3.44. The molecule has 0 saturated heterocycles. The SMILES string of the molecule is CC(C)(C)CC(C)(C)NC(=O)c1ccc(N)c(Cl)c1. The molecule has 0 spiro atoms. The molecular weight excluding hydrogens is 260 g/mol. The first kappa shape index (κ1) is 15.8. The van der Waals surface area contributed by atoms with Gasteiger partial charge in [0, 0.05) is 11.1 Å². The highest BCUT2D eigenvalue weighted by Gasteiger charge is 2.27. The van der Waals surface area contributed by atoms with Gasteiger partial charge in [-0.15, -0.1) is 0 Å². The van der Waals surface area contributed by atoms with Crippen LogP contribution in [0.2, 0.25) is 5.02 Å². The van der Waals surface area contributed by atoms with Crippen LogP contribution < -0.4 is 11.1 Å². The Kier molecular flexibility index (Phi) is 4.51. The fourth-order valence-corrected chi connectivity index (χ4v) is 2.60. The van der Waals surface area contributed by atoms with E-state index in [1.165, 1.54) is 0 Å². The van der Waals surface area contributed by atoms with Gasteiger partial charge >= 0.3 is 0 Å². The minimum absolute atomic E-state index is 0.129. The van der Waals surface area contributed by atoms with Gasteiger partial charge in [0.2, 0.25) is 0 Å². The topological polar surface area (TPSA) is 55.1 Å². The van der Waals surface area contributed by atoms with Crippen molar-refractivity contribution in [2.75, 3.05) is 5.73 Å². The number of benzene rings is 1. The van der Waals surface area contributed by atoms with Crippen LogP contribution in [-0.4, -0.2) is 11.4 Å². The Morgan fingerprint density at radius 1 is 1.26 bits per heavy atom. The van der Waals surface area contributed by atoms with Crippen molar-refractivity contribution in [3.63, 3.8) is 0 Å². The van der Waals surface area contributed by atoms with E-state index < -0.39 is 0 Å². The number of hydrogen-bond acceptors (Lipinski definition) is 2. The van der Waals surface area contributed by atoms with E-state index in [9.17, 15) is 4.79 Å². The predicted molar refractivity (Wildman–Crippen MR) is 81.5 cm³/mol. The average molecular weight is 283 g/mol. The lowest BCUT2D eigenvalue weighted by Crippen LogP contribution is -2.45. The number of hydrogen-bond donors (Lipinski definition) is 2. The first-order valence-electron chi connectivity index (χ1n) is 6.38. The number of nitrogens with two attached hydrogens (primary N) is 1. The highest BCUT2D eigenvalue weighted by molar-refractivity contribution is 6.33. The Labute approximate surface area is 120 Å². The van der Waals surface area contributed by atoms with E-state index in [0.717, 1.165) is 6.42 Å². The fraction of sp³-hybridized carbons (Fsp3) is 0.533. The minimum atomic E-state index is -0.275. The number of rotatable bonds is 3. The molecule has 0 aliphatic rings. The van der Waals surface area contributed by atoms with Crippen molar-refractivity contribution in [1.82, 2.24) is 5.32 Å². The second-order valence-corrected chi connectivity index (χ2v) is 7.22. The monoisotopic (exact) mass is 282 g/mol. The quantitative estimate of drug-likeness (QED) is 0.827. The number of carbonyl (C=O) groups is 1. The molecule has 0 saturated carbocycles. The number of nitrogen functional groups attached to an aromatic ring is 1. The van der Waals surface area contributed by atoms with Crippen molar-refractivity contribution in [3.8, 4) is 0 Å². The van der Waals surface area contributed by atoms with Crippen LogP contribution in [0.4, 0.5) is 5.69 Å². The molecule has 1 rings (SSSR count). The van der Waals surface area contributed by atoms with Gasteiger partial charge in [0.05, 0.1) is 10.7 Å². The molecule has 0 fully saturated rings. The molecule has 3 N–H and O–H groups in total. The standard InChI is InChI=1S/C15H23ClN2O/c1-14(2,3)9-15(4,5)18-13(19)10-6-7-12(17)11(16)8-10/h6-8H,9,17H2,1-5H3,(H,18,19). The van der Waals surface area contributed by atoms with Crippen LogP contribution in [0.25, 0.3) is 0 Å². The summed E-state index contributed by atoms with van der Waals surface area (Å²) in [6.45, 7) is 10.5. The van der Waals surface area contributed by atoms with Crippen molar-refractivity contribution in [2.45, 2.75) is 46.6 Å². The largest absolute Gasteiger partial charge is 0.398 e. The second kappa shape index (κ2) is 5.41. The molecule has 3 nitrogen and oxygen atoms in total. The molecule has 0 radical (unpaired) electrons. The molecule has 1 aromatic carbocycles. The number of carbonyl (C=O) groups excluding carboxylic acids is 1. The summed E-state index contributed by atoms with van der Waals surface area (Å²) in [5.41, 5.74) is 6.52. The van der Waals surface area contributed by atoms with E-state index >= 15 is 0 Å². The normalized spacial score (nSPS) is 12.3. The number of amides is 1. The van der Waals surface area contributed by atoms with Crippen molar-refractivity contribution in [1.29, 1.82) is 0 Å². The van der Waals surface area contributed by atoms with Crippen molar-refractivity contribution in [2.24, 2.45) is 5.41 Å². The van der Waals surface area contributed by atoms with Gasteiger partial charge in [-0.25, -0.2) is 0 Å². The minimum Gasteiger partial charge on any atom is -0.398 e. The van der Waals surface area contributed by atoms with Crippen LogP contribution in [0, 0.1) is 5.41 Å². The molecule has 4 heteroatoms. The first-order chi connectivity index (χ1) is 8.50. The summed E-state index contributed by atoms with van der Waals surface area (Å²) < 4.78 is 0. The first-order valence-corrected chi connectivity index (χ1v) is 6.75. The molecule has 0 aliphatic heterocycles. The van der Waals surface area contributed by atoms with E-state index in [1.807, 2.05) is 13.8 Å². The van der Waals surface area contributed by atoms with E-state index in [2.05, 4.69) is 26.1 Å². The zero-order valence-electron chi connectivity index (χ0n) is 12.3. The molecule has 106 valence electrons. The molecule has 1 amide bonds. The maximum absolute atomic E-state index is 12.2. The smallest absolute Gasteiger partial charge is 0.251 e. The predicted octanol–water partition coefficient (Wildman–Crippen LogP) is 3.87. The lowest BCUT2D eigenvalue weighted by Gasteiger charge is -2.33. The Morgan fingerprint density at radius 2 is 1.84 bits per heavy atom. The van der Waals surface area contributed by atoms with Crippen LogP contribution in [0.3, 0.4) is 0 Å². The van der Waals surface area contributed by atoms with Gasteiger partial charge in [0.15, 0.2) is 0 Å². The maximum atomic E-state index is 12.2. The van der Waals surface area contributed by atoms with Gasteiger partial charge in [-0.3, -0.25) is 4.79 Å². The van der Waals surface area contributed by atoms with E-state index in [1.54, 1.807) is 18.2 Å². The summed E-state index contributed by atoms with van der Waals surface area (Å²) in [7, 11) is 0. The molecule has 19 heavy (non-hydrogen) atoms. The number of nitrogens with one attached hydrogen (secondary N) is 1. The van der Waals surface area contributed by atoms with Crippen molar-refractivity contribution in [3.05, 3.63) is 28.8 Å². The molecule has 0 atom stereocenters. The zero-order chi connectivity index (χ0) is 14.8. The van der Waals surface area contributed by atoms with Gasteiger partial charge in [-0.2, -0.15) is 0 Å². The maximum Gasteiger partial charge on any atom is 0.251 e. The summed E-state index contributed by atoms with van der Waals surface area (Å²) in [6, 6.07) is 4.93. The number of anilines is 1. The average Bonchev–Trinajstić information content (AvgIpc) is 2.17. The second-order valence-electron chi connectivity index (χ2n) is 6.81. The Hall–Kier alpha value is -1.22. The lowest BCUT2D eigenvalue weighted by atomic mass is 9.81. The third-order valence-corrected chi connectivity index (χ3v) is 3.01. The van der Waals surface area contributed by atoms with Gasteiger partial charge in [-0.05, 0) is 43.9 Å². The Bertz CT molecular complexity index is 476. The molecular formula is C15H23ClN2O. The van der Waals surface area contributed by atoms with Crippen molar-refractivity contribution < 1.29 is 4.79 Å².